The van der Waals surface area contributed by atoms with Gasteiger partial charge in [0.25, 0.3) is 0 Å². The fraction of sp³-hybridized carbons (Fsp3) is 0.588. The number of nitrogens with zero attached hydrogens (tertiary/aromatic N) is 2. The fourth-order valence-electron chi connectivity index (χ4n) is 2.52. The van der Waals surface area contributed by atoms with Crippen LogP contribution in [0.3, 0.4) is 0 Å². The zero-order valence-corrected chi connectivity index (χ0v) is 12.3. The molecule has 0 N–H and O–H groups in total. The number of aryl methyl sites for hydroxylation is 1. The van der Waals surface area contributed by atoms with Gasteiger partial charge < -0.3 is 0 Å². The maximum atomic E-state index is 4.65. The largest absolute Gasteiger partial charge is 0.231 e. The minimum atomic E-state index is 1.03. The quantitative estimate of drug-likeness (QED) is 0.556. The highest BCUT2D eigenvalue weighted by Crippen LogP contribution is 2.34. The molecule has 1 aliphatic rings. The van der Waals surface area contributed by atoms with Gasteiger partial charge in [-0.25, -0.2) is 10.3 Å². The van der Waals surface area contributed by atoms with E-state index in [1.54, 1.807) is 0 Å². The lowest BCUT2D eigenvalue weighted by atomic mass is 10.1. The van der Waals surface area contributed by atoms with Crippen LogP contribution in [-0.2, 0) is 0 Å². The normalized spacial score (nSPS) is 13.1. The smallest absolute Gasteiger partial charge is 0.129 e. The third-order valence-corrected chi connectivity index (χ3v) is 3.71. The molecule has 1 heterocycles. The van der Waals surface area contributed by atoms with E-state index in [1.165, 1.54) is 50.5 Å². The lowest BCUT2D eigenvalue weighted by molar-refractivity contribution is 0.594. The number of hydrogen-bond acceptors (Lipinski definition) is 1. The number of para-hydroxylation sites is 1. The Balaban J connectivity index is 1.66. The highest BCUT2D eigenvalue weighted by molar-refractivity contribution is 5.96. The highest BCUT2D eigenvalue weighted by Gasteiger charge is 2.16. The van der Waals surface area contributed by atoms with Gasteiger partial charge in [0.1, 0.15) is 5.84 Å². The second kappa shape index (κ2) is 7.32. The van der Waals surface area contributed by atoms with Crippen LogP contribution >= 0.6 is 0 Å². The summed E-state index contributed by atoms with van der Waals surface area (Å²) >= 11 is 0. The lowest BCUT2D eigenvalue weighted by Gasteiger charge is -2.01. The molecule has 19 heavy (non-hydrogen) atoms. The van der Waals surface area contributed by atoms with Crippen molar-refractivity contribution in [2.75, 3.05) is 0 Å². The van der Waals surface area contributed by atoms with Crippen molar-refractivity contribution in [1.29, 1.82) is 0 Å². The molecule has 0 fully saturated rings. The Morgan fingerprint density at radius 3 is 2.42 bits per heavy atom. The standard InChI is InChI=1S/C17H25N2/c1-3-4-5-6-7-8-9-13-16-18-15-12-10-11-14(2)17(15)19-16/h10-12H,3-9,13H2,1-2H3. The van der Waals surface area contributed by atoms with Crippen LogP contribution in [0.25, 0.3) is 0 Å². The topological polar surface area (TPSA) is 26.5 Å². The summed E-state index contributed by atoms with van der Waals surface area (Å²) in [5.41, 5.74) is 3.37. The number of aliphatic imine (C=N–C) groups is 1. The molecule has 1 aliphatic heterocycles. The Morgan fingerprint density at radius 1 is 0.947 bits per heavy atom. The first-order chi connectivity index (χ1) is 9.31. The van der Waals surface area contributed by atoms with Crippen molar-refractivity contribution in [1.82, 2.24) is 5.32 Å². The van der Waals surface area contributed by atoms with Crippen LogP contribution in [-0.4, -0.2) is 5.84 Å². The van der Waals surface area contributed by atoms with Gasteiger partial charge in [-0.05, 0) is 25.0 Å². The summed E-state index contributed by atoms with van der Waals surface area (Å²) in [6.07, 6.45) is 10.4. The van der Waals surface area contributed by atoms with Crippen LogP contribution in [0.1, 0.15) is 63.9 Å². The molecule has 0 amide bonds. The van der Waals surface area contributed by atoms with Gasteiger partial charge in [0.2, 0.25) is 0 Å². The van der Waals surface area contributed by atoms with Gasteiger partial charge in [0, 0.05) is 6.42 Å². The van der Waals surface area contributed by atoms with E-state index in [-0.39, 0.29) is 0 Å². The Hall–Kier alpha value is -1.31. The number of unbranched alkanes of at least 4 members (excludes halogenated alkanes) is 6. The zero-order chi connectivity index (χ0) is 13.5. The Labute approximate surface area is 117 Å². The molecule has 0 unspecified atom stereocenters. The summed E-state index contributed by atoms with van der Waals surface area (Å²) in [4.78, 5) is 4.65. The van der Waals surface area contributed by atoms with Crippen molar-refractivity contribution < 1.29 is 0 Å². The number of fused-ring (bicyclic) bond motifs is 1. The molecule has 0 aliphatic carbocycles. The molecule has 2 heteroatoms. The average molecular weight is 257 g/mol. The average Bonchev–Trinajstić information content (AvgIpc) is 2.82. The third-order valence-electron chi connectivity index (χ3n) is 3.71. The maximum absolute atomic E-state index is 4.65. The number of amidine groups is 1. The molecule has 0 saturated carbocycles. The first kappa shape index (κ1) is 14.1. The predicted octanol–water partition coefficient (Wildman–Crippen LogP) is 5.42. The van der Waals surface area contributed by atoms with Gasteiger partial charge >= 0.3 is 0 Å². The summed E-state index contributed by atoms with van der Waals surface area (Å²) in [7, 11) is 0. The van der Waals surface area contributed by atoms with Crippen LogP contribution in [0.5, 0.6) is 0 Å². The van der Waals surface area contributed by atoms with Gasteiger partial charge in [0.15, 0.2) is 0 Å². The van der Waals surface area contributed by atoms with E-state index in [9.17, 15) is 0 Å². The van der Waals surface area contributed by atoms with Crippen LogP contribution in [0.2, 0.25) is 0 Å². The number of hydrogen-bond donors (Lipinski definition) is 0. The van der Waals surface area contributed by atoms with E-state index >= 15 is 0 Å². The molecule has 0 bridgehead atoms. The summed E-state index contributed by atoms with van der Waals surface area (Å²) in [6, 6.07) is 6.22. The van der Waals surface area contributed by atoms with Crippen LogP contribution in [0.4, 0.5) is 11.4 Å². The SMILES string of the molecule is CCCCCCCCCC1=Nc2c(C)cccc2[N]1. The van der Waals surface area contributed by atoms with Crippen molar-refractivity contribution in [3.63, 3.8) is 0 Å². The minimum Gasteiger partial charge on any atom is -0.231 e. The van der Waals surface area contributed by atoms with Crippen molar-refractivity contribution in [2.45, 2.75) is 65.2 Å². The molecule has 0 atom stereocenters. The molecule has 1 aromatic rings. The van der Waals surface area contributed by atoms with Gasteiger partial charge in [-0.2, -0.15) is 0 Å². The third kappa shape index (κ3) is 4.09. The maximum Gasteiger partial charge on any atom is 0.129 e. The molecule has 0 spiro atoms. The molecule has 2 nitrogen and oxygen atoms in total. The summed E-state index contributed by atoms with van der Waals surface area (Å²) in [5, 5.41) is 4.61. The van der Waals surface area contributed by atoms with Crippen molar-refractivity contribution in [2.24, 2.45) is 4.99 Å². The van der Waals surface area contributed by atoms with Crippen LogP contribution in [0.15, 0.2) is 23.2 Å². The molecule has 1 radical (unpaired) electrons. The van der Waals surface area contributed by atoms with E-state index in [0.717, 1.165) is 23.6 Å². The summed E-state index contributed by atoms with van der Waals surface area (Å²) < 4.78 is 0. The minimum absolute atomic E-state index is 1.03. The Kier molecular flexibility index (Phi) is 5.44. The van der Waals surface area contributed by atoms with Crippen molar-refractivity contribution >= 4 is 17.2 Å². The van der Waals surface area contributed by atoms with Crippen LogP contribution < -0.4 is 5.32 Å². The predicted molar refractivity (Wildman–Crippen MR) is 82.7 cm³/mol. The van der Waals surface area contributed by atoms with Gasteiger partial charge in [-0.15, -0.1) is 0 Å². The second-order valence-electron chi connectivity index (χ2n) is 5.45. The van der Waals surface area contributed by atoms with Crippen molar-refractivity contribution in [3.05, 3.63) is 23.8 Å². The number of rotatable bonds is 8. The summed E-state index contributed by atoms with van der Waals surface area (Å²) in [5.74, 6) is 1.03. The van der Waals surface area contributed by atoms with E-state index in [4.69, 9.17) is 0 Å². The number of benzene rings is 1. The summed E-state index contributed by atoms with van der Waals surface area (Å²) in [6.45, 7) is 4.37. The van der Waals surface area contributed by atoms with Gasteiger partial charge in [-0.3, -0.25) is 0 Å². The molecule has 103 valence electrons. The first-order valence-electron chi connectivity index (χ1n) is 7.70. The highest BCUT2D eigenvalue weighted by atomic mass is 15.1. The van der Waals surface area contributed by atoms with E-state index in [0.29, 0.717) is 0 Å². The Bertz CT molecular complexity index is 435. The Morgan fingerprint density at radius 2 is 1.68 bits per heavy atom. The molecule has 1 aromatic carbocycles. The van der Waals surface area contributed by atoms with Crippen LogP contribution in [0, 0.1) is 6.92 Å². The monoisotopic (exact) mass is 257 g/mol. The molecular formula is C17H25N2. The zero-order valence-electron chi connectivity index (χ0n) is 12.3. The van der Waals surface area contributed by atoms with Gasteiger partial charge in [0.05, 0.1) is 11.4 Å². The first-order valence-corrected chi connectivity index (χ1v) is 7.70. The molecule has 0 saturated heterocycles. The molecule has 0 aromatic heterocycles. The van der Waals surface area contributed by atoms with Crippen molar-refractivity contribution in [3.8, 4) is 0 Å². The van der Waals surface area contributed by atoms with E-state index in [2.05, 4.69) is 42.4 Å². The fourth-order valence-corrected chi connectivity index (χ4v) is 2.52. The second-order valence-corrected chi connectivity index (χ2v) is 5.45. The molecule has 2 rings (SSSR count). The lowest BCUT2D eigenvalue weighted by Crippen LogP contribution is -2.05. The van der Waals surface area contributed by atoms with E-state index < -0.39 is 0 Å². The van der Waals surface area contributed by atoms with E-state index in [1.807, 2.05) is 0 Å². The molecular weight excluding hydrogens is 232 g/mol. The van der Waals surface area contributed by atoms with Gasteiger partial charge in [-0.1, -0.05) is 57.6 Å².